The van der Waals surface area contributed by atoms with Gasteiger partial charge in [-0.15, -0.1) is 0 Å². The normalized spacial score (nSPS) is 10.8. The van der Waals surface area contributed by atoms with Crippen molar-refractivity contribution in [3.05, 3.63) is 40.6 Å². The average molecular weight is 322 g/mol. The maximum atomic E-state index is 12.0. The highest BCUT2D eigenvalue weighted by Gasteiger charge is 2.10. The molecule has 4 nitrogen and oxygen atoms in total. The van der Waals surface area contributed by atoms with E-state index in [4.69, 9.17) is 0 Å². The summed E-state index contributed by atoms with van der Waals surface area (Å²) in [7, 11) is 1.87. The molecule has 100 valence electrons. The highest BCUT2D eigenvalue weighted by Crippen LogP contribution is 2.24. The van der Waals surface area contributed by atoms with E-state index in [2.05, 4.69) is 26.3 Å². The fraction of sp³-hybridized carbons (Fsp3) is 0.286. The third-order valence-corrected chi connectivity index (χ3v) is 3.08. The van der Waals surface area contributed by atoms with Gasteiger partial charge < -0.3 is 5.32 Å². The zero-order chi connectivity index (χ0) is 14.0. The Labute approximate surface area is 120 Å². The van der Waals surface area contributed by atoms with Gasteiger partial charge >= 0.3 is 0 Å². The molecule has 1 N–H and O–H groups in total. The second-order valence-corrected chi connectivity index (χ2v) is 5.68. The zero-order valence-corrected chi connectivity index (χ0v) is 12.7. The van der Waals surface area contributed by atoms with Gasteiger partial charge in [0.2, 0.25) is 0 Å². The number of hydrogen-bond donors (Lipinski definition) is 1. The predicted octanol–water partition coefficient (Wildman–Crippen LogP) is 2.99. The molecule has 0 unspecified atom stereocenters. The third-order valence-electron chi connectivity index (χ3n) is 2.62. The smallest absolute Gasteiger partial charge is 0.251 e. The van der Waals surface area contributed by atoms with Crippen molar-refractivity contribution in [2.24, 2.45) is 7.05 Å². The van der Waals surface area contributed by atoms with Crippen LogP contribution in [0.4, 0.5) is 0 Å². The van der Waals surface area contributed by atoms with Crippen LogP contribution in [0, 0.1) is 0 Å². The van der Waals surface area contributed by atoms with E-state index in [0.717, 1.165) is 15.6 Å². The Balaban J connectivity index is 2.37. The lowest BCUT2D eigenvalue weighted by molar-refractivity contribution is 0.0943. The Morgan fingerprint density at radius 1 is 1.32 bits per heavy atom. The van der Waals surface area contributed by atoms with E-state index in [1.165, 1.54) is 0 Å². The van der Waals surface area contributed by atoms with Crippen LogP contribution in [-0.4, -0.2) is 21.7 Å². The number of aromatic nitrogens is 2. The van der Waals surface area contributed by atoms with Crippen molar-refractivity contribution >= 4 is 21.8 Å². The quantitative estimate of drug-likeness (QED) is 0.944. The third kappa shape index (κ3) is 3.44. The Morgan fingerprint density at radius 2 is 2.05 bits per heavy atom. The predicted molar refractivity (Wildman–Crippen MR) is 78.9 cm³/mol. The van der Waals surface area contributed by atoms with E-state index in [9.17, 15) is 4.79 Å². The van der Waals surface area contributed by atoms with Crippen LogP contribution in [0.2, 0.25) is 0 Å². The van der Waals surface area contributed by atoms with E-state index in [1.54, 1.807) is 10.9 Å². The first-order chi connectivity index (χ1) is 8.95. The Hall–Kier alpha value is -1.62. The molecule has 1 amide bonds. The number of nitrogens with one attached hydrogen (secondary N) is 1. The maximum Gasteiger partial charge on any atom is 0.251 e. The summed E-state index contributed by atoms with van der Waals surface area (Å²) in [4.78, 5) is 12.0. The van der Waals surface area contributed by atoms with Crippen LogP contribution < -0.4 is 5.32 Å². The van der Waals surface area contributed by atoms with Crippen LogP contribution in [0.25, 0.3) is 11.1 Å². The van der Waals surface area contributed by atoms with Crippen molar-refractivity contribution in [2.75, 3.05) is 0 Å². The van der Waals surface area contributed by atoms with E-state index >= 15 is 0 Å². The van der Waals surface area contributed by atoms with Gasteiger partial charge in [-0.1, -0.05) is 15.9 Å². The fourth-order valence-corrected chi connectivity index (χ4v) is 2.30. The molecule has 1 aromatic heterocycles. The van der Waals surface area contributed by atoms with Crippen LogP contribution in [-0.2, 0) is 7.05 Å². The molecule has 2 aromatic rings. The maximum absolute atomic E-state index is 12.0. The summed E-state index contributed by atoms with van der Waals surface area (Å²) in [6.07, 6.45) is 3.71. The first-order valence-corrected chi connectivity index (χ1v) is 6.85. The summed E-state index contributed by atoms with van der Waals surface area (Å²) in [5, 5.41) is 7.04. The van der Waals surface area contributed by atoms with E-state index < -0.39 is 0 Å². The molecule has 0 fully saturated rings. The van der Waals surface area contributed by atoms with Crippen LogP contribution >= 0.6 is 15.9 Å². The van der Waals surface area contributed by atoms with E-state index in [1.807, 2.05) is 45.3 Å². The van der Waals surface area contributed by atoms with E-state index in [0.29, 0.717) is 5.56 Å². The molecule has 1 heterocycles. The highest BCUT2D eigenvalue weighted by atomic mass is 79.9. The molecule has 5 heteroatoms. The molecule has 1 aromatic carbocycles. The van der Waals surface area contributed by atoms with Crippen LogP contribution in [0.1, 0.15) is 24.2 Å². The van der Waals surface area contributed by atoms with Crippen molar-refractivity contribution in [1.82, 2.24) is 15.1 Å². The number of amides is 1. The Bertz CT molecular complexity index is 604. The standard InChI is InChI=1S/C14H16BrN3O/c1-9(2)17-14(19)11-4-10(5-13(15)6-11)12-7-16-18(3)8-12/h4-9H,1-3H3,(H,17,19). The summed E-state index contributed by atoms with van der Waals surface area (Å²) < 4.78 is 2.62. The second kappa shape index (κ2) is 5.57. The number of nitrogens with zero attached hydrogens (tertiary/aromatic N) is 2. The van der Waals surface area contributed by atoms with Crippen LogP contribution in [0.15, 0.2) is 35.1 Å². The topological polar surface area (TPSA) is 46.9 Å². The van der Waals surface area contributed by atoms with Crippen LogP contribution in [0.5, 0.6) is 0 Å². The number of benzene rings is 1. The van der Waals surface area contributed by atoms with Gasteiger partial charge in [-0.2, -0.15) is 5.10 Å². The molecule has 19 heavy (non-hydrogen) atoms. The molecule has 0 aliphatic heterocycles. The summed E-state index contributed by atoms with van der Waals surface area (Å²) in [6, 6.07) is 5.79. The molecule has 0 aliphatic carbocycles. The average Bonchev–Trinajstić information content (AvgIpc) is 2.74. The molecule has 0 spiro atoms. The lowest BCUT2D eigenvalue weighted by atomic mass is 10.1. The number of halogens is 1. The molecule has 2 rings (SSSR count). The minimum atomic E-state index is -0.0681. The summed E-state index contributed by atoms with van der Waals surface area (Å²) in [6.45, 7) is 3.88. The minimum Gasteiger partial charge on any atom is -0.350 e. The van der Waals surface area contributed by atoms with Gasteiger partial charge in [0.05, 0.1) is 6.20 Å². The first kappa shape index (κ1) is 13.8. The number of carbonyl (C=O) groups excluding carboxylic acids is 1. The number of aryl methyl sites for hydroxylation is 1. The monoisotopic (exact) mass is 321 g/mol. The SMILES string of the molecule is CC(C)NC(=O)c1cc(Br)cc(-c2cnn(C)c2)c1. The molecule has 0 aliphatic rings. The summed E-state index contributed by atoms with van der Waals surface area (Å²) in [5.74, 6) is -0.0681. The molecular formula is C14H16BrN3O. The molecule has 0 bridgehead atoms. The van der Waals surface area contributed by atoms with E-state index in [-0.39, 0.29) is 11.9 Å². The van der Waals surface area contributed by atoms with Gasteiger partial charge in [0.15, 0.2) is 0 Å². The second-order valence-electron chi connectivity index (χ2n) is 4.76. The van der Waals surface area contributed by atoms with Crippen molar-refractivity contribution in [2.45, 2.75) is 19.9 Å². The van der Waals surface area contributed by atoms with Crippen molar-refractivity contribution in [1.29, 1.82) is 0 Å². The highest BCUT2D eigenvalue weighted by molar-refractivity contribution is 9.10. The molecule has 0 atom stereocenters. The fourth-order valence-electron chi connectivity index (χ4n) is 1.80. The number of rotatable bonds is 3. The number of carbonyl (C=O) groups is 1. The molecule has 0 saturated heterocycles. The molecule has 0 saturated carbocycles. The van der Waals surface area contributed by atoms with Crippen molar-refractivity contribution < 1.29 is 4.79 Å². The Morgan fingerprint density at radius 3 is 2.63 bits per heavy atom. The zero-order valence-electron chi connectivity index (χ0n) is 11.1. The van der Waals surface area contributed by atoms with Gasteiger partial charge in [-0.3, -0.25) is 9.48 Å². The van der Waals surface area contributed by atoms with Gasteiger partial charge in [0.25, 0.3) is 5.91 Å². The van der Waals surface area contributed by atoms with Gasteiger partial charge in [-0.05, 0) is 37.6 Å². The molecule has 0 radical (unpaired) electrons. The summed E-state index contributed by atoms with van der Waals surface area (Å²) in [5.41, 5.74) is 2.60. The minimum absolute atomic E-state index is 0.0681. The van der Waals surface area contributed by atoms with Crippen molar-refractivity contribution in [3.8, 4) is 11.1 Å². The lowest BCUT2D eigenvalue weighted by Gasteiger charge is -2.10. The van der Waals surface area contributed by atoms with Gasteiger partial charge in [-0.25, -0.2) is 0 Å². The van der Waals surface area contributed by atoms with Gasteiger partial charge in [0.1, 0.15) is 0 Å². The van der Waals surface area contributed by atoms with Gasteiger partial charge in [0, 0.05) is 34.9 Å². The summed E-state index contributed by atoms with van der Waals surface area (Å²) >= 11 is 3.44. The largest absolute Gasteiger partial charge is 0.350 e. The first-order valence-electron chi connectivity index (χ1n) is 6.06. The van der Waals surface area contributed by atoms with Crippen molar-refractivity contribution in [3.63, 3.8) is 0 Å². The number of hydrogen-bond acceptors (Lipinski definition) is 2. The molecular weight excluding hydrogens is 306 g/mol. The lowest BCUT2D eigenvalue weighted by Crippen LogP contribution is -2.30. The Kier molecular flexibility index (Phi) is 4.04. The van der Waals surface area contributed by atoms with Crippen LogP contribution in [0.3, 0.4) is 0 Å².